The maximum atomic E-state index is 12.3. The summed E-state index contributed by atoms with van der Waals surface area (Å²) in [5.41, 5.74) is -0.651. The molecule has 88 valence electrons. The third-order valence-corrected chi connectivity index (χ3v) is 1.54. The lowest BCUT2D eigenvalue weighted by Gasteiger charge is -2.10. The molecule has 0 unspecified atom stereocenters. The predicted molar refractivity (Wildman–Crippen MR) is 56.5 cm³/mol. The predicted octanol–water partition coefficient (Wildman–Crippen LogP) is 2.66. The second kappa shape index (κ2) is 6.87. The molecule has 0 aliphatic rings. The van der Waals surface area contributed by atoms with E-state index in [1.54, 1.807) is 7.05 Å². The van der Waals surface area contributed by atoms with Crippen LogP contribution in [0.1, 0.15) is 11.3 Å². The molecule has 0 radical (unpaired) electrons. The van der Waals surface area contributed by atoms with Gasteiger partial charge in [0.25, 0.3) is 0 Å². The average molecular weight is 263 g/mol. The molecule has 1 heterocycles. The number of alkyl halides is 3. The number of pyridine rings is 1. The van der Waals surface area contributed by atoms with Crippen LogP contribution in [0.4, 0.5) is 13.2 Å². The van der Waals surface area contributed by atoms with Crippen LogP contribution in [-0.4, -0.2) is 12.0 Å². The fourth-order valence-electron chi connectivity index (χ4n) is 1.00. The van der Waals surface area contributed by atoms with Crippen molar-refractivity contribution in [2.75, 3.05) is 7.05 Å². The van der Waals surface area contributed by atoms with Gasteiger partial charge in [0.15, 0.2) is 0 Å². The van der Waals surface area contributed by atoms with Gasteiger partial charge in [-0.05, 0) is 19.2 Å². The number of hydrogen-bond acceptors (Lipinski definition) is 2. The summed E-state index contributed by atoms with van der Waals surface area (Å²) in [7, 11) is 1.58. The lowest BCUT2D eigenvalue weighted by molar-refractivity contribution is -0.138. The van der Waals surface area contributed by atoms with Crippen LogP contribution < -0.4 is 5.32 Å². The zero-order valence-electron chi connectivity index (χ0n) is 7.84. The number of halogens is 5. The van der Waals surface area contributed by atoms with E-state index in [0.29, 0.717) is 0 Å². The van der Waals surface area contributed by atoms with E-state index in [2.05, 4.69) is 10.3 Å². The molecule has 0 amide bonds. The highest BCUT2D eigenvalue weighted by atomic mass is 35.5. The van der Waals surface area contributed by atoms with E-state index >= 15 is 0 Å². The summed E-state index contributed by atoms with van der Waals surface area (Å²) in [6.07, 6.45) is -2.97. The van der Waals surface area contributed by atoms with E-state index in [0.717, 1.165) is 6.07 Å². The minimum atomic E-state index is -4.32. The molecule has 0 saturated carbocycles. The van der Waals surface area contributed by atoms with Crippen LogP contribution in [0.25, 0.3) is 0 Å². The smallest absolute Gasteiger partial charge is 0.314 e. The highest BCUT2D eigenvalue weighted by Crippen LogP contribution is 2.30. The van der Waals surface area contributed by atoms with Crippen LogP contribution in [-0.2, 0) is 12.7 Å². The topological polar surface area (TPSA) is 24.9 Å². The fraction of sp³-hybridized carbons (Fsp3) is 0.375. The third kappa shape index (κ3) is 4.68. The van der Waals surface area contributed by atoms with Crippen LogP contribution in [0.2, 0.25) is 0 Å². The van der Waals surface area contributed by atoms with Crippen molar-refractivity contribution in [3.8, 4) is 0 Å². The van der Waals surface area contributed by atoms with Gasteiger partial charge in [0.05, 0.1) is 11.3 Å². The van der Waals surface area contributed by atoms with Gasteiger partial charge in [0.1, 0.15) is 0 Å². The minimum absolute atomic E-state index is 0. The number of aromatic nitrogens is 1. The first-order chi connectivity index (χ1) is 6.05. The maximum absolute atomic E-state index is 12.3. The van der Waals surface area contributed by atoms with Gasteiger partial charge in [0, 0.05) is 12.7 Å². The van der Waals surface area contributed by atoms with Gasteiger partial charge >= 0.3 is 6.18 Å². The van der Waals surface area contributed by atoms with Crippen molar-refractivity contribution in [1.29, 1.82) is 0 Å². The summed E-state index contributed by atoms with van der Waals surface area (Å²) in [6, 6.07) is 2.31. The Bertz CT molecular complexity index is 291. The Morgan fingerprint density at radius 2 is 1.93 bits per heavy atom. The summed E-state index contributed by atoms with van der Waals surface area (Å²) in [5, 5.41) is 2.63. The zero-order valence-corrected chi connectivity index (χ0v) is 9.47. The van der Waals surface area contributed by atoms with E-state index in [9.17, 15) is 13.2 Å². The molecule has 2 nitrogen and oxygen atoms in total. The summed E-state index contributed by atoms with van der Waals surface area (Å²) in [4.78, 5) is 3.65. The molecule has 0 fully saturated rings. The fourth-order valence-corrected chi connectivity index (χ4v) is 1.00. The molecular formula is C8H11Cl2F3N2. The Balaban J connectivity index is 0. The first kappa shape index (κ1) is 16.9. The Hall–Kier alpha value is -0.520. The zero-order chi connectivity index (χ0) is 9.90. The molecule has 1 aromatic heterocycles. The van der Waals surface area contributed by atoms with Crippen molar-refractivity contribution in [3.05, 3.63) is 29.6 Å². The van der Waals surface area contributed by atoms with Crippen molar-refractivity contribution in [1.82, 2.24) is 10.3 Å². The van der Waals surface area contributed by atoms with Crippen molar-refractivity contribution in [2.45, 2.75) is 12.7 Å². The summed E-state index contributed by atoms with van der Waals surface area (Å²) in [6.45, 7) is 0.121. The lowest BCUT2D eigenvalue weighted by atomic mass is 10.2. The van der Waals surface area contributed by atoms with E-state index in [1.165, 1.54) is 12.3 Å². The monoisotopic (exact) mass is 262 g/mol. The van der Waals surface area contributed by atoms with Crippen molar-refractivity contribution >= 4 is 24.8 Å². The highest BCUT2D eigenvalue weighted by Gasteiger charge is 2.33. The molecule has 0 spiro atoms. The van der Waals surface area contributed by atoms with Crippen LogP contribution in [0.3, 0.4) is 0 Å². The Labute approximate surface area is 98.1 Å². The van der Waals surface area contributed by atoms with Crippen LogP contribution in [0, 0.1) is 0 Å². The molecular weight excluding hydrogens is 252 g/mol. The number of nitrogens with one attached hydrogen (secondary N) is 1. The van der Waals surface area contributed by atoms with Gasteiger partial charge in [-0.25, -0.2) is 0 Å². The molecule has 0 bridgehead atoms. The van der Waals surface area contributed by atoms with E-state index < -0.39 is 11.7 Å². The molecule has 1 aromatic rings. The van der Waals surface area contributed by atoms with Crippen LogP contribution in [0.15, 0.2) is 18.3 Å². The number of nitrogens with zero attached hydrogens (tertiary/aromatic N) is 1. The van der Waals surface area contributed by atoms with E-state index in [1.807, 2.05) is 0 Å². The molecule has 1 rings (SSSR count). The first-order valence-corrected chi connectivity index (χ1v) is 3.71. The Morgan fingerprint density at radius 3 is 2.40 bits per heavy atom. The third-order valence-electron chi connectivity index (χ3n) is 1.54. The summed E-state index contributed by atoms with van der Waals surface area (Å²) < 4.78 is 36.9. The van der Waals surface area contributed by atoms with Crippen molar-refractivity contribution < 1.29 is 13.2 Å². The maximum Gasteiger partial charge on any atom is 0.418 e. The van der Waals surface area contributed by atoms with Gasteiger partial charge in [-0.3, -0.25) is 4.98 Å². The Kier molecular flexibility index (Phi) is 7.74. The van der Waals surface area contributed by atoms with Crippen LogP contribution >= 0.6 is 24.8 Å². The quantitative estimate of drug-likeness (QED) is 0.887. The second-order valence-electron chi connectivity index (χ2n) is 2.53. The highest BCUT2D eigenvalue weighted by molar-refractivity contribution is 5.85. The second-order valence-corrected chi connectivity index (χ2v) is 2.53. The summed E-state index contributed by atoms with van der Waals surface area (Å²) in [5.74, 6) is 0. The molecule has 1 N–H and O–H groups in total. The normalized spacial score (nSPS) is 10.1. The van der Waals surface area contributed by atoms with Crippen molar-refractivity contribution in [2.24, 2.45) is 0 Å². The van der Waals surface area contributed by atoms with E-state index in [4.69, 9.17) is 0 Å². The van der Waals surface area contributed by atoms with Gasteiger partial charge in [-0.1, -0.05) is 0 Å². The van der Waals surface area contributed by atoms with Gasteiger partial charge in [-0.15, -0.1) is 24.8 Å². The average Bonchev–Trinajstić information content (AvgIpc) is 2.04. The molecule has 0 aliphatic heterocycles. The molecule has 15 heavy (non-hydrogen) atoms. The van der Waals surface area contributed by atoms with E-state index in [-0.39, 0.29) is 37.1 Å². The summed E-state index contributed by atoms with van der Waals surface area (Å²) >= 11 is 0. The Morgan fingerprint density at radius 1 is 1.33 bits per heavy atom. The number of rotatable bonds is 2. The van der Waals surface area contributed by atoms with Gasteiger partial charge in [-0.2, -0.15) is 13.2 Å². The molecule has 0 saturated heterocycles. The number of hydrogen-bond donors (Lipinski definition) is 1. The lowest BCUT2D eigenvalue weighted by Crippen LogP contribution is -2.15. The standard InChI is InChI=1S/C8H9F3N2.2ClH/c1-12-5-7-6(8(9,10)11)3-2-4-13-7;;/h2-4,12H,5H2,1H3;2*1H. The molecule has 0 aliphatic carbocycles. The van der Waals surface area contributed by atoms with Crippen LogP contribution in [0.5, 0.6) is 0 Å². The minimum Gasteiger partial charge on any atom is -0.314 e. The van der Waals surface area contributed by atoms with Gasteiger partial charge < -0.3 is 5.32 Å². The molecule has 7 heteroatoms. The molecule has 0 aromatic carbocycles. The largest absolute Gasteiger partial charge is 0.418 e. The molecule has 0 atom stereocenters. The van der Waals surface area contributed by atoms with Crippen molar-refractivity contribution in [3.63, 3.8) is 0 Å². The van der Waals surface area contributed by atoms with Gasteiger partial charge in [0.2, 0.25) is 0 Å². The SMILES string of the molecule is CNCc1ncccc1C(F)(F)F.Cl.Cl. The first-order valence-electron chi connectivity index (χ1n) is 3.71.